The van der Waals surface area contributed by atoms with Gasteiger partial charge in [0.2, 0.25) is 0 Å². The summed E-state index contributed by atoms with van der Waals surface area (Å²) in [5.41, 5.74) is 1.14. The highest BCUT2D eigenvalue weighted by Gasteiger charge is 2.15. The molecule has 110 valence electrons. The van der Waals surface area contributed by atoms with Crippen molar-refractivity contribution in [3.8, 4) is 6.01 Å². The van der Waals surface area contributed by atoms with Crippen LogP contribution in [0.4, 0.5) is 11.5 Å². The van der Waals surface area contributed by atoms with Crippen LogP contribution in [0.3, 0.4) is 0 Å². The van der Waals surface area contributed by atoms with E-state index in [1.54, 1.807) is 11.0 Å². The van der Waals surface area contributed by atoms with Gasteiger partial charge in [0, 0.05) is 17.7 Å². The topological polar surface area (TPSA) is 67.3 Å². The molecule has 0 aliphatic heterocycles. The molecule has 6 nitrogen and oxygen atoms in total. The van der Waals surface area contributed by atoms with Gasteiger partial charge in [-0.2, -0.15) is 4.98 Å². The molecule has 0 atom stereocenters. The number of anilines is 2. The van der Waals surface area contributed by atoms with E-state index in [9.17, 15) is 4.79 Å². The maximum absolute atomic E-state index is 12.3. The van der Waals surface area contributed by atoms with Crippen LogP contribution < -0.4 is 15.0 Å². The van der Waals surface area contributed by atoms with Gasteiger partial charge in [-0.05, 0) is 34.7 Å². The second kappa shape index (κ2) is 6.70. The minimum Gasteiger partial charge on any atom is -0.467 e. The molecule has 1 amide bonds. The monoisotopic (exact) mass is 398 g/mol. The van der Waals surface area contributed by atoms with Crippen LogP contribution in [-0.2, 0) is 0 Å². The smallest absolute Gasteiger partial charge is 0.318 e. The van der Waals surface area contributed by atoms with Gasteiger partial charge in [-0.1, -0.05) is 12.1 Å². The van der Waals surface area contributed by atoms with E-state index in [1.807, 2.05) is 32.3 Å². The summed E-state index contributed by atoms with van der Waals surface area (Å²) < 4.78 is 5.89. The Morgan fingerprint density at radius 3 is 2.67 bits per heavy atom. The highest BCUT2D eigenvalue weighted by molar-refractivity contribution is 14.1. The van der Waals surface area contributed by atoms with E-state index < -0.39 is 0 Å². The fourth-order valence-electron chi connectivity index (χ4n) is 1.72. The van der Waals surface area contributed by atoms with E-state index in [-0.39, 0.29) is 11.9 Å². The molecule has 0 aliphatic rings. The van der Waals surface area contributed by atoms with Crippen LogP contribution >= 0.6 is 22.6 Å². The van der Waals surface area contributed by atoms with Crippen LogP contribution in [0.1, 0.15) is 10.4 Å². The van der Waals surface area contributed by atoms with Gasteiger partial charge in [-0.15, -0.1) is 0 Å². The first-order valence-corrected chi connectivity index (χ1v) is 7.25. The van der Waals surface area contributed by atoms with Crippen molar-refractivity contribution >= 4 is 40.0 Å². The van der Waals surface area contributed by atoms with Crippen LogP contribution in [0.25, 0.3) is 0 Å². The number of carbonyl (C=O) groups is 1. The van der Waals surface area contributed by atoms with Crippen molar-refractivity contribution < 1.29 is 9.53 Å². The summed E-state index contributed by atoms with van der Waals surface area (Å²) in [6.07, 6.45) is 1.54. The van der Waals surface area contributed by atoms with E-state index in [4.69, 9.17) is 4.74 Å². The van der Waals surface area contributed by atoms with Gasteiger partial charge in [0.1, 0.15) is 5.69 Å². The number of ether oxygens (including phenoxy) is 1. The quantitative estimate of drug-likeness (QED) is 0.802. The second-order valence-electron chi connectivity index (χ2n) is 4.42. The van der Waals surface area contributed by atoms with Crippen molar-refractivity contribution in [3.05, 3.63) is 39.6 Å². The van der Waals surface area contributed by atoms with Gasteiger partial charge < -0.3 is 15.0 Å². The Morgan fingerprint density at radius 2 is 2.05 bits per heavy atom. The number of hydrogen-bond donors (Lipinski definition) is 1. The third-order valence-corrected chi connectivity index (χ3v) is 3.66. The van der Waals surface area contributed by atoms with Crippen molar-refractivity contribution in [1.82, 2.24) is 9.97 Å². The minimum atomic E-state index is -0.197. The molecule has 1 aromatic heterocycles. The van der Waals surface area contributed by atoms with Crippen LogP contribution in [0.5, 0.6) is 6.01 Å². The highest BCUT2D eigenvalue weighted by Crippen LogP contribution is 2.24. The van der Waals surface area contributed by atoms with Crippen LogP contribution in [-0.4, -0.2) is 37.1 Å². The molecule has 0 fully saturated rings. The molecular formula is C14H15IN4O2. The van der Waals surface area contributed by atoms with Gasteiger partial charge in [0.15, 0.2) is 5.82 Å². The molecule has 0 saturated carbocycles. The van der Waals surface area contributed by atoms with E-state index in [1.165, 1.54) is 13.3 Å². The predicted molar refractivity (Wildman–Crippen MR) is 90.0 cm³/mol. The lowest BCUT2D eigenvalue weighted by Gasteiger charge is -2.17. The summed E-state index contributed by atoms with van der Waals surface area (Å²) in [6.45, 7) is 0. The van der Waals surface area contributed by atoms with Gasteiger partial charge in [0.25, 0.3) is 5.91 Å². The molecule has 0 aliphatic carbocycles. The summed E-state index contributed by atoms with van der Waals surface area (Å²) in [7, 11) is 5.17. The zero-order valence-corrected chi connectivity index (χ0v) is 14.1. The SMILES string of the molecule is COc1ncc(NC(=O)c2ccccc2I)c(N(C)C)n1. The third-order valence-electron chi connectivity index (χ3n) is 2.72. The predicted octanol–water partition coefficient (Wildman–Crippen LogP) is 2.41. The highest BCUT2D eigenvalue weighted by atomic mass is 127. The summed E-state index contributed by atoms with van der Waals surface area (Å²) in [6, 6.07) is 7.63. The summed E-state index contributed by atoms with van der Waals surface area (Å²) in [5.74, 6) is 0.387. The first kappa shape index (κ1) is 15.5. The Balaban J connectivity index is 2.31. The molecule has 0 saturated heterocycles. The van der Waals surface area contributed by atoms with E-state index in [2.05, 4.69) is 37.9 Å². The molecule has 1 heterocycles. The van der Waals surface area contributed by atoms with E-state index >= 15 is 0 Å². The average molecular weight is 398 g/mol. The maximum Gasteiger partial charge on any atom is 0.318 e. The van der Waals surface area contributed by atoms with E-state index in [0.29, 0.717) is 17.1 Å². The minimum absolute atomic E-state index is 0.197. The molecule has 0 spiro atoms. The Bertz CT molecular complexity index is 661. The van der Waals surface area contributed by atoms with Crippen molar-refractivity contribution in [2.75, 3.05) is 31.4 Å². The number of hydrogen-bond acceptors (Lipinski definition) is 5. The first-order valence-electron chi connectivity index (χ1n) is 6.17. The number of methoxy groups -OCH3 is 1. The lowest BCUT2D eigenvalue weighted by atomic mass is 10.2. The van der Waals surface area contributed by atoms with Crippen molar-refractivity contribution in [3.63, 3.8) is 0 Å². The first-order chi connectivity index (χ1) is 10.0. The number of rotatable bonds is 4. The van der Waals surface area contributed by atoms with Crippen LogP contribution in [0.15, 0.2) is 30.5 Å². The van der Waals surface area contributed by atoms with Crippen LogP contribution in [0.2, 0.25) is 0 Å². The fraction of sp³-hybridized carbons (Fsp3) is 0.214. The number of carbonyl (C=O) groups excluding carboxylic acids is 1. The summed E-state index contributed by atoms with van der Waals surface area (Å²) >= 11 is 2.13. The molecule has 0 bridgehead atoms. The molecule has 0 radical (unpaired) electrons. The Hall–Kier alpha value is -1.90. The number of benzene rings is 1. The Kier molecular flexibility index (Phi) is 4.94. The zero-order chi connectivity index (χ0) is 15.4. The lowest BCUT2D eigenvalue weighted by Crippen LogP contribution is -2.19. The maximum atomic E-state index is 12.3. The number of aromatic nitrogens is 2. The van der Waals surface area contributed by atoms with Gasteiger partial charge >= 0.3 is 6.01 Å². The average Bonchev–Trinajstić information content (AvgIpc) is 2.47. The number of halogens is 1. The van der Waals surface area contributed by atoms with Gasteiger partial charge in [-0.3, -0.25) is 4.79 Å². The summed E-state index contributed by atoms with van der Waals surface area (Å²) in [4.78, 5) is 22.4. The molecule has 7 heteroatoms. The number of amides is 1. The standard InChI is InChI=1S/C14H15IN4O2/c1-19(2)12-11(8-16-14(18-12)21-3)17-13(20)9-6-4-5-7-10(9)15/h4-8H,1-3H3,(H,17,20). The number of nitrogens with zero attached hydrogens (tertiary/aromatic N) is 3. The molecule has 2 aromatic rings. The van der Waals surface area contributed by atoms with Crippen molar-refractivity contribution in [2.24, 2.45) is 0 Å². The molecule has 0 unspecified atom stereocenters. The largest absolute Gasteiger partial charge is 0.467 e. The van der Waals surface area contributed by atoms with Gasteiger partial charge in [-0.25, -0.2) is 4.98 Å². The lowest BCUT2D eigenvalue weighted by molar-refractivity contribution is 0.102. The zero-order valence-electron chi connectivity index (χ0n) is 11.9. The second-order valence-corrected chi connectivity index (χ2v) is 5.58. The summed E-state index contributed by atoms with van der Waals surface area (Å²) in [5, 5.41) is 2.83. The third kappa shape index (κ3) is 3.60. The Labute approximate surface area is 136 Å². The fourth-order valence-corrected chi connectivity index (χ4v) is 2.35. The molecule has 1 N–H and O–H groups in total. The van der Waals surface area contributed by atoms with Crippen LogP contribution in [0, 0.1) is 3.57 Å². The molecule has 1 aromatic carbocycles. The molecule has 21 heavy (non-hydrogen) atoms. The van der Waals surface area contributed by atoms with Gasteiger partial charge in [0.05, 0.1) is 18.9 Å². The molecule has 2 rings (SSSR count). The van der Waals surface area contributed by atoms with Crippen molar-refractivity contribution in [1.29, 1.82) is 0 Å². The normalized spacial score (nSPS) is 10.1. The Morgan fingerprint density at radius 1 is 1.33 bits per heavy atom. The number of nitrogens with one attached hydrogen (secondary N) is 1. The van der Waals surface area contributed by atoms with E-state index in [0.717, 1.165) is 3.57 Å². The molecular weight excluding hydrogens is 383 g/mol. The van der Waals surface area contributed by atoms with Crippen molar-refractivity contribution in [2.45, 2.75) is 0 Å².